The predicted molar refractivity (Wildman–Crippen MR) is 73.4 cm³/mol. The topological polar surface area (TPSA) is 30.2 Å². The van der Waals surface area contributed by atoms with Crippen molar-refractivity contribution in [1.82, 2.24) is 14.6 Å². The summed E-state index contributed by atoms with van der Waals surface area (Å²) in [4.78, 5) is 4.13. The molecule has 0 amide bonds. The molecular formula is C13H6Cl2F3N3. The second-order valence-electron chi connectivity index (χ2n) is 4.26. The van der Waals surface area contributed by atoms with Gasteiger partial charge in [0, 0.05) is 10.6 Å². The van der Waals surface area contributed by atoms with Crippen LogP contribution in [0.5, 0.6) is 0 Å². The Morgan fingerprint density at radius 3 is 2.33 bits per heavy atom. The van der Waals surface area contributed by atoms with Crippen LogP contribution < -0.4 is 0 Å². The molecule has 0 unspecified atom stereocenters. The van der Waals surface area contributed by atoms with Gasteiger partial charge in [-0.1, -0.05) is 35.3 Å². The molecule has 21 heavy (non-hydrogen) atoms. The number of halogens is 5. The summed E-state index contributed by atoms with van der Waals surface area (Å²) in [6.07, 6.45) is -3.44. The summed E-state index contributed by atoms with van der Waals surface area (Å²) in [6.45, 7) is 0. The van der Waals surface area contributed by atoms with Gasteiger partial charge in [0.15, 0.2) is 11.3 Å². The second kappa shape index (κ2) is 4.89. The Bertz CT molecular complexity index is 810. The number of aromatic nitrogens is 3. The summed E-state index contributed by atoms with van der Waals surface area (Å²) in [7, 11) is 0. The predicted octanol–water partition coefficient (Wildman–Crippen LogP) is 4.72. The smallest absolute Gasteiger partial charge is 0.227 e. The van der Waals surface area contributed by atoms with Crippen LogP contribution in [0, 0.1) is 0 Å². The average molecular weight is 332 g/mol. The van der Waals surface area contributed by atoms with Crippen molar-refractivity contribution in [2.75, 3.05) is 0 Å². The minimum Gasteiger partial charge on any atom is -0.227 e. The molecule has 0 N–H and O–H groups in total. The molecule has 3 rings (SSSR count). The molecule has 3 aromatic rings. The van der Waals surface area contributed by atoms with Gasteiger partial charge in [0.2, 0.25) is 0 Å². The van der Waals surface area contributed by atoms with Gasteiger partial charge in [0.25, 0.3) is 0 Å². The van der Waals surface area contributed by atoms with Crippen LogP contribution >= 0.6 is 23.2 Å². The van der Waals surface area contributed by atoms with Crippen molar-refractivity contribution in [3.8, 4) is 11.3 Å². The fraction of sp³-hybridized carbons (Fsp3) is 0.0769. The highest BCUT2D eigenvalue weighted by atomic mass is 35.5. The number of rotatable bonds is 1. The zero-order chi connectivity index (χ0) is 15.2. The van der Waals surface area contributed by atoms with Crippen LogP contribution in [-0.4, -0.2) is 14.6 Å². The van der Waals surface area contributed by atoms with Crippen LogP contribution in [0.25, 0.3) is 16.9 Å². The third kappa shape index (κ3) is 2.56. The minimum atomic E-state index is -4.57. The van der Waals surface area contributed by atoms with E-state index in [2.05, 4.69) is 10.1 Å². The van der Waals surface area contributed by atoms with E-state index in [0.29, 0.717) is 15.1 Å². The van der Waals surface area contributed by atoms with Crippen LogP contribution in [0.4, 0.5) is 13.2 Å². The van der Waals surface area contributed by atoms with Gasteiger partial charge in [0.1, 0.15) is 5.02 Å². The Balaban J connectivity index is 2.29. The Labute approximate surface area is 126 Å². The van der Waals surface area contributed by atoms with Crippen LogP contribution in [0.2, 0.25) is 10.0 Å². The summed E-state index contributed by atoms with van der Waals surface area (Å²) in [5.74, 6) is 0. The van der Waals surface area contributed by atoms with Crippen molar-refractivity contribution in [1.29, 1.82) is 0 Å². The SMILES string of the molecule is FC(F)(F)c1cc(-c2ccc(Cl)cc2)nc2c(Cl)cnn12. The lowest BCUT2D eigenvalue weighted by molar-refractivity contribution is -0.142. The first kappa shape index (κ1) is 14.2. The lowest BCUT2D eigenvalue weighted by Gasteiger charge is -2.11. The summed E-state index contributed by atoms with van der Waals surface area (Å²) < 4.78 is 40.1. The fourth-order valence-corrected chi connectivity index (χ4v) is 2.20. The van der Waals surface area contributed by atoms with Gasteiger partial charge in [-0.05, 0) is 18.2 Å². The van der Waals surface area contributed by atoms with Crippen LogP contribution in [-0.2, 0) is 6.18 Å². The fourth-order valence-electron chi connectivity index (χ4n) is 1.91. The molecule has 0 radical (unpaired) electrons. The zero-order valence-corrected chi connectivity index (χ0v) is 11.7. The molecule has 0 aliphatic heterocycles. The van der Waals surface area contributed by atoms with E-state index in [-0.39, 0.29) is 16.4 Å². The average Bonchev–Trinajstić information content (AvgIpc) is 2.79. The summed E-state index contributed by atoms with van der Waals surface area (Å²) >= 11 is 11.6. The van der Waals surface area contributed by atoms with Crippen LogP contribution in [0.15, 0.2) is 36.5 Å². The number of fused-ring (bicyclic) bond motifs is 1. The van der Waals surface area contributed by atoms with Gasteiger partial charge in [0.05, 0.1) is 11.9 Å². The van der Waals surface area contributed by atoms with Crippen molar-refractivity contribution in [3.05, 3.63) is 52.3 Å². The maximum absolute atomic E-state index is 13.1. The number of benzene rings is 1. The quantitative estimate of drug-likeness (QED) is 0.645. The molecule has 1 aromatic carbocycles. The number of hydrogen-bond donors (Lipinski definition) is 0. The number of hydrogen-bond acceptors (Lipinski definition) is 2. The number of alkyl halides is 3. The van der Waals surface area contributed by atoms with E-state index in [0.717, 1.165) is 12.3 Å². The molecule has 0 aliphatic carbocycles. The summed E-state index contributed by atoms with van der Waals surface area (Å²) in [5, 5.41) is 4.15. The van der Waals surface area contributed by atoms with Crippen molar-refractivity contribution < 1.29 is 13.2 Å². The second-order valence-corrected chi connectivity index (χ2v) is 5.10. The first-order valence-corrected chi connectivity index (χ1v) is 6.49. The molecule has 2 heterocycles. The van der Waals surface area contributed by atoms with Gasteiger partial charge < -0.3 is 0 Å². The molecule has 8 heteroatoms. The molecule has 0 fully saturated rings. The highest BCUT2D eigenvalue weighted by Gasteiger charge is 2.35. The van der Waals surface area contributed by atoms with Gasteiger partial charge in [-0.2, -0.15) is 18.3 Å². The van der Waals surface area contributed by atoms with Gasteiger partial charge >= 0.3 is 6.18 Å². The first-order valence-electron chi connectivity index (χ1n) is 5.73. The molecule has 0 spiro atoms. The summed E-state index contributed by atoms with van der Waals surface area (Å²) in [6, 6.07) is 7.26. The molecule has 2 aromatic heterocycles. The molecule has 3 nitrogen and oxygen atoms in total. The Morgan fingerprint density at radius 2 is 1.71 bits per heavy atom. The minimum absolute atomic E-state index is 0.0450. The third-order valence-corrected chi connectivity index (χ3v) is 3.38. The lowest BCUT2D eigenvalue weighted by Crippen LogP contribution is -2.13. The van der Waals surface area contributed by atoms with E-state index in [9.17, 15) is 13.2 Å². The van der Waals surface area contributed by atoms with Gasteiger partial charge in [-0.15, -0.1) is 0 Å². The van der Waals surface area contributed by atoms with Gasteiger partial charge in [-0.25, -0.2) is 9.50 Å². The molecule has 0 aliphatic rings. The molecular weight excluding hydrogens is 326 g/mol. The van der Waals surface area contributed by atoms with E-state index in [4.69, 9.17) is 23.2 Å². The number of nitrogens with zero attached hydrogens (tertiary/aromatic N) is 3. The van der Waals surface area contributed by atoms with E-state index >= 15 is 0 Å². The van der Waals surface area contributed by atoms with E-state index < -0.39 is 11.9 Å². The standard InChI is InChI=1S/C13H6Cl2F3N3/c14-8-3-1-7(2-4-8)10-5-11(13(16,17)18)21-12(20-10)9(15)6-19-21/h1-6H. The maximum Gasteiger partial charge on any atom is 0.433 e. The van der Waals surface area contributed by atoms with Crippen molar-refractivity contribution in [2.45, 2.75) is 6.18 Å². The molecule has 0 saturated carbocycles. The van der Waals surface area contributed by atoms with Crippen LogP contribution in [0.3, 0.4) is 0 Å². The normalized spacial score (nSPS) is 12.0. The third-order valence-electron chi connectivity index (χ3n) is 2.86. The molecule has 0 atom stereocenters. The Hall–Kier alpha value is -1.79. The highest BCUT2D eigenvalue weighted by Crippen LogP contribution is 2.33. The highest BCUT2D eigenvalue weighted by molar-refractivity contribution is 6.33. The van der Waals surface area contributed by atoms with E-state index in [1.54, 1.807) is 24.3 Å². The Kier molecular flexibility index (Phi) is 3.30. The molecule has 108 valence electrons. The monoisotopic (exact) mass is 331 g/mol. The Morgan fingerprint density at radius 1 is 1.05 bits per heavy atom. The lowest BCUT2D eigenvalue weighted by atomic mass is 10.1. The molecule has 0 saturated heterocycles. The van der Waals surface area contributed by atoms with Gasteiger partial charge in [-0.3, -0.25) is 0 Å². The summed E-state index contributed by atoms with van der Waals surface area (Å²) in [5.41, 5.74) is -0.334. The largest absolute Gasteiger partial charge is 0.433 e. The maximum atomic E-state index is 13.1. The van der Waals surface area contributed by atoms with Crippen molar-refractivity contribution in [3.63, 3.8) is 0 Å². The van der Waals surface area contributed by atoms with Crippen molar-refractivity contribution in [2.24, 2.45) is 0 Å². The van der Waals surface area contributed by atoms with E-state index in [1.165, 1.54) is 0 Å². The van der Waals surface area contributed by atoms with E-state index in [1.807, 2.05) is 0 Å². The van der Waals surface area contributed by atoms with Crippen LogP contribution in [0.1, 0.15) is 5.69 Å². The molecule has 0 bridgehead atoms. The zero-order valence-electron chi connectivity index (χ0n) is 10.2. The first-order chi connectivity index (χ1) is 9.86. The van der Waals surface area contributed by atoms with Crippen molar-refractivity contribution >= 4 is 28.8 Å².